The maximum Gasteiger partial charge on any atom is 0.298 e. The zero-order chi connectivity index (χ0) is 11.7. The third-order valence-electron chi connectivity index (χ3n) is 1.19. The average Bonchev–Trinajstić information content (AvgIpc) is 2.18. The summed E-state index contributed by atoms with van der Waals surface area (Å²) in [7, 11) is 0. The van der Waals surface area contributed by atoms with Crippen LogP contribution in [0, 0.1) is 0 Å². The monoisotopic (exact) mass is 216 g/mol. The summed E-state index contributed by atoms with van der Waals surface area (Å²) < 4.78 is 13.3. The summed E-state index contributed by atoms with van der Waals surface area (Å²) in [5.74, 6) is -2.16. The Hall–Kier alpha value is -1.85. The van der Waals surface area contributed by atoms with Crippen molar-refractivity contribution in [3.63, 3.8) is 0 Å². The van der Waals surface area contributed by atoms with E-state index < -0.39 is 17.6 Å². The highest BCUT2D eigenvalue weighted by Crippen LogP contribution is 2.05. The van der Waals surface area contributed by atoms with Crippen LogP contribution in [0.5, 0.6) is 0 Å². The summed E-state index contributed by atoms with van der Waals surface area (Å²) in [4.78, 5) is 10.0. The second kappa shape index (κ2) is 7.54. The van der Waals surface area contributed by atoms with Crippen LogP contribution in [0.4, 0.5) is 0 Å². The molecular weight excluding hydrogens is 204 g/mol. The van der Waals surface area contributed by atoms with Gasteiger partial charge in [0.15, 0.2) is 5.76 Å². The third-order valence-corrected chi connectivity index (χ3v) is 1.19. The van der Waals surface area contributed by atoms with Crippen molar-refractivity contribution < 1.29 is 29.2 Å². The van der Waals surface area contributed by atoms with Crippen molar-refractivity contribution in [1.82, 2.24) is 0 Å². The lowest BCUT2D eigenvalue weighted by atomic mass is 10.5. The Morgan fingerprint density at radius 1 is 1.20 bits per heavy atom. The van der Waals surface area contributed by atoms with Crippen LogP contribution in [0.15, 0.2) is 23.7 Å². The standard InChI is InChI=1S/C9H14O6/c1-3-13-8(11)5-7(15-6-10)9(12)14-4-2/h5-6,11-12H,3-4H2,1-2H3/p-2. The van der Waals surface area contributed by atoms with Gasteiger partial charge in [0.25, 0.3) is 6.47 Å². The minimum Gasteiger partial charge on any atom is -0.613 e. The van der Waals surface area contributed by atoms with Crippen molar-refractivity contribution in [3.05, 3.63) is 23.7 Å². The summed E-state index contributed by atoms with van der Waals surface area (Å²) in [6.07, 6.45) is 0.760. The average molecular weight is 216 g/mol. The summed E-state index contributed by atoms with van der Waals surface area (Å²) in [6.45, 7) is 3.49. The Bertz CT molecular complexity index is 255. The van der Waals surface area contributed by atoms with Gasteiger partial charge in [0, 0.05) is 6.08 Å². The van der Waals surface area contributed by atoms with Crippen molar-refractivity contribution >= 4 is 6.47 Å². The van der Waals surface area contributed by atoms with Gasteiger partial charge in [0.2, 0.25) is 0 Å². The maximum atomic E-state index is 11.1. The van der Waals surface area contributed by atoms with E-state index in [2.05, 4.69) is 14.2 Å². The molecule has 0 saturated carbocycles. The summed E-state index contributed by atoms with van der Waals surface area (Å²) in [6, 6.07) is 0. The first-order valence-electron chi connectivity index (χ1n) is 4.31. The molecule has 0 aromatic carbocycles. The van der Waals surface area contributed by atoms with Crippen molar-refractivity contribution in [2.24, 2.45) is 0 Å². The van der Waals surface area contributed by atoms with E-state index in [1.54, 1.807) is 13.8 Å². The predicted octanol–water partition coefficient (Wildman–Crippen LogP) is -1.04. The molecule has 0 aliphatic heterocycles. The number of hydrogen-bond acceptors (Lipinski definition) is 6. The van der Waals surface area contributed by atoms with Crippen molar-refractivity contribution in [2.45, 2.75) is 13.8 Å². The van der Waals surface area contributed by atoms with Crippen LogP contribution in [0.3, 0.4) is 0 Å². The van der Waals surface area contributed by atoms with Crippen molar-refractivity contribution in [1.29, 1.82) is 0 Å². The normalized spacial score (nSPS) is 12.8. The Balaban J connectivity index is 4.71. The lowest BCUT2D eigenvalue weighted by Crippen LogP contribution is -2.15. The largest absolute Gasteiger partial charge is 0.613 e. The minimum atomic E-state index is -0.891. The first-order chi connectivity index (χ1) is 7.15. The van der Waals surface area contributed by atoms with Gasteiger partial charge in [-0.25, -0.2) is 0 Å². The highest BCUT2D eigenvalue weighted by molar-refractivity contribution is 5.41. The Morgan fingerprint density at radius 2 is 1.80 bits per heavy atom. The number of ether oxygens (including phenoxy) is 3. The summed E-state index contributed by atoms with van der Waals surface area (Å²) in [5, 5.41) is 22.0. The molecule has 0 saturated heterocycles. The van der Waals surface area contributed by atoms with E-state index in [0.717, 1.165) is 6.08 Å². The first-order valence-corrected chi connectivity index (χ1v) is 4.31. The third kappa shape index (κ3) is 5.45. The molecule has 0 radical (unpaired) electrons. The van der Waals surface area contributed by atoms with Gasteiger partial charge < -0.3 is 24.4 Å². The number of allylic oxidation sites excluding steroid dienone is 1. The van der Waals surface area contributed by atoms with Crippen LogP contribution < -0.4 is 10.2 Å². The SMILES string of the molecule is CCOC([O-])=CC(OC=O)=C([O-])OCC. The molecule has 0 rings (SSSR count). The van der Waals surface area contributed by atoms with E-state index >= 15 is 0 Å². The maximum absolute atomic E-state index is 11.1. The second-order valence-electron chi connectivity index (χ2n) is 2.20. The molecule has 0 N–H and O–H groups in total. The Labute approximate surface area is 87.4 Å². The van der Waals surface area contributed by atoms with E-state index in [4.69, 9.17) is 0 Å². The number of carbonyl (C=O) groups excluding carboxylic acids is 1. The molecule has 86 valence electrons. The van der Waals surface area contributed by atoms with E-state index in [9.17, 15) is 15.0 Å². The molecule has 0 aliphatic rings. The molecule has 0 aromatic heterocycles. The van der Waals surface area contributed by atoms with Crippen molar-refractivity contribution in [3.8, 4) is 0 Å². The molecule has 0 fully saturated rings. The van der Waals surface area contributed by atoms with Gasteiger partial charge in [-0.15, -0.1) is 0 Å². The van der Waals surface area contributed by atoms with E-state index in [0.29, 0.717) is 0 Å². The molecule has 6 nitrogen and oxygen atoms in total. The van der Waals surface area contributed by atoms with Gasteiger partial charge in [-0.1, -0.05) is 13.8 Å². The molecular formula is C9H12O6-2. The molecule has 15 heavy (non-hydrogen) atoms. The van der Waals surface area contributed by atoms with Gasteiger partial charge in [-0.3, -0.25) is 4.79 Å². The van der Waals surface area contributed by atoms with Crippen molar-refractivity contribution in [2.75, 3.05) is 13.2 Å². The number of rotatable bonds is 7. The molecule has 6 heteroatoms. The minimum absolute atomic E-state index is 0.0297. The van der Waals surface area contributed by atoms with Crippen LogP contribution >= 0.6 is 0 Å². The van der Waals surface area contributed by atoms with Gasteiger partial charge in [-0.2, -0.15) is 0 Å². The quantitative estimate of drug-likeness (QED) is 0.307. The number of hydrogen-bond donors (Lipinski definition) is 0. The lowest BCUT2D eigenvalue weighted by Gasteiger charge is -2.17. The van der Waals surface area contributed by atoms with Crippen LogP contribution in [-0.4, -0.2) is 19.7 Å². The Morgan fingerprint density at radius 3 is 2.27 bits per heavy atom. The number of carbonyl (C=O) groups is 1. The van der Waals surface area contributed by atoms with Crippen LogP contribution in [0.25, 0.3) is 0 Å². The van der Waals surface area contributed by atoms with E-state index in [1.807, 2.05) is 0 Å². The topological polar surface area (TPSA) is 90.9 Å². The molecule has 0 spiro atoms. The van der Waals surface area contributed by atoms with Gasteiger partial charge in [-0.05, 0) is 13.2 Å². The molecule has 0 amide bonds. The first kappa shape index (κ1) is 13.2. The van der Waals surface area contributed by atoms with Gasteiger partial charge >= 0.3 is 0 Å². The molecule has 0 aliphatic carbocycles. The highest BCUT2D eigenvalue weighted by Gasteiger charge is 1.97. The fourth-order valence-corrected chi connectivity index (χ4v) is 0.686. The molecule has 0 heterocycles. The highest BCUT2D eigenvalue weighted by atomic mass is 16.6. The predicted molar refractivity (Wildman–Crippen MR) is 45.5 cm³/mol. The molecule has 0 unspecified atom stereocenters. The molecule has 0 aromatic rings. The zero-order valence-electron chi connectivity index (χ0n) is 8.52. The van der Waals surface area contributed by atoms with Crippen LogP contribution in [0.1, 0.15) is 13.8 Å². The smallest absolute Gasteiger partial charge is 0.298 e. The van der Waals surface area contributed by atoms with Gasteiger partial charge in [0.05, 0.1) is 11.9 Å². The van der Waals surface area contributed by atoms with E-state index in [-0.39, 0.29) is 19.7 Å². The fourth-order valence-electron chi connectivity index (χ4n) is 0.686. The van der Waals surface area contributed by atoms with Crippen LogP contribution in [-0.2, 0) is 19.0 Å². The molecule has 0 bridgehead atoms. The fraction of sp³-hybridized carbons (Fsp3) is 0.444. The second-order valence-corrected chi connectivity index (χ2v) is 2.20. The molecule has 0 atom stereocenters. The Kier molecular flexibility index (Phi) is 6.61. The van der Waals surface area contributed by atoms with E-state index in [1.165, 1.54) is 0 Å². The summed E-state index contributed by atoms with van der Waals surface area (Å²) in [5.41, 5.74) is 0. The van der Waals surface area contributed by atoms with Crippen LogP contribution in [0.2, 0.25) is 0 Å². The summed E-state index contributed by atoms with van der Waals surface area (Å²) >= 11 is 0. The lowest BCUT2D eigenvalue weighted by molar-refractivity contribution is -0.364. The zero-order valence-corrected chi connectivity index (χ0v) is 8.52. The van der Waals surface area contributed by atoms with Gasteiger partial charge in [0.1, 0.15) is 0 Å².